The molecule has 3 aromatic rings. The first-order chi connectivity index (χ1) is 13.1. The van der Waals surface area contributed by atoms with Gasteiger partial charge in [-0.1, -0.05) is 58.9 Å². The first-order valence-electron chi connectivity index (χ1n) is 9.14. The highest BCUT2D eigenvalue weighted by Crippen LogP contribution is 2.32. The lowest BCUT2D eigenvalue weighted by atomic mass is 9.88. The fourth-order valence-electron chi connectivity index (χ4n) is 3.58. The van der Waals surface area contributed by atoms with Crippen LogP contribution in [0.3, 0.4) is 0 Å². The minimum atomic E-state index is -0.132. The van der Waals surface area contributed by atoms with Crippen LogP contribution in [0, 0.1) is 0 Å². The summed E-state index contributed by atoms with van der Waals surface area (Å²) in [7, 11) is 0. The molecule has 1 fully saturated rings. The highest BCUT2D eigenvalue weighted by Gasteiger charge is 2.22. The zero-order chi connectivity index (χ0) is 18.8. The zero-order valence-corrected chi connectivity index (χ0v) is 17.1. The summed E-state index contributed by atoms with van der Waals surface area (Å²) in [6.07, 6.45) is 7.36. The molecule has 0 N–H and O–H groups in total. The van der Waals surface area contributed by atoms with E-state index in [1.807, 2.05) is 42.5 Å². The Morgan fingerprint density at radius 1 is 1.11 bits per heavy atom. The minimum Gasteiger partial charge on any atom is -0.267 e. The summed E-state index contributed by atoms with van der Waals surface area (Å²) in [5, 5.41) is 5.76. The Morgan fingerprint density at radius 2 is 1.85 bits per heavy atom. The van der Waals surface area contributed by atoms with Crippen LogP contribution in [-0.4, -0.2) is 15.9 Å². The fourth-order valence-corrected chi connectivity index (χ4v) is 4.06. The van der Waals surface area contributed by atoms with Crippen LogP contribution >= 0.6 is 27.5 Å². The molecule has 6 heteroatoms. The lowest BCUT2D eigenvalue weighted by Gasteiger charge is -2.22. The van der Waals surface area contributed by atoms with Gasteiger partial charge in [-0.25, -0.2) is 4.98 Å². The number of aromatic nitrogens is 2. The van der Waals surface area contributed by atoms with E-state index in [1.54, 1.807) is 6.21 Å². The van der Waals surface area contributed by atoms with Gasteiger partial charge in [0.2, 0.25) is 0 Å². The molecule has 1 aliphatic rings. The molecular formula is C21H19BrClN3O. The van der Waals surface area contributed by atoms with Gasteiger partial charge in [0.05, 0.1) is 17.1 Å². The summed E-state index contributed by atoms with van der Waals surface area (Å²) >= 11 is 9.39. The van der Waals surface area contributed by atoms with E-state index in [4.69, 9.17) is 16.6 Å². The van der Waals surface area contributed by atoms with Gasteiger partial charge in [0.25, 0.3) is 5.56 Å². The van der Waals surface area contributed by atoms with Crippen molar-refractivity contribution in [2.24, 2.45) is 5.10 Å². The quantitative estimate of drug-likeness (QED) is 0.483. The van der Waals surface area contributed by atoms with Crippen LogP contribution in [0.2, 0.25) is 5.02 Å². The van der Waals surface area contributed by atoms with E-state index in [0.29, 0.717) is 10.4 Å². The van der Waals surface area contributed by atoms with Gasteiger partial charge >= 0.3 is 0 Å². The first-order valence-corrected chi connectivity index (χ1v) is 10.3. The van der Waals surface area contributed by atoms with Crippen LogP contribution in [0.1, 0.15) is 49.4 Å². The van der Waals surface area contributed by atoms with Gasteiger partial charge in [0.1, 0.15) is 5.82 Å². The van der Waals surface area contributed by atoms with E-state index in [-0.39, 0.29) is 11.5 Å². The Kier molecular flexibility index (Phi) is 5.41. The molecule has 2 aromatic carbocycles. The normalized spacial score (nSPS) is 15.6. The number of halogens is 2. The third-order valence-corrected chi connectivity index (χ3v) is 5.74. The maximum atomic E-state index is 13.2. The van der Waals surface area contributed by atoms with Crippen molar-refractivity contribution in [1.29, 1.82) is 0 Å². The lowest BCUT2D eigenvalue weighted by Crippen LogP contribution is -2.25. The van der Waals surface area contributed by atoms with Crippen LogP contribution in [-0.2, 0) is 0 Å². The average molecular weight is 445 g/mol. The molecule has 0 radical (unpaired) electrons. The van der Waals surface area contributed by atoms with Gasteiger partial charge in [-0.15, -0.1) is 0 Å². The number of rotatable bonds is 3. The molecule has 1 aliphatic carbocycles. The molecule has 0 saturated heterocycles. The maximum absolute atomic E-state index is 13.2. The molecule has 4 rings (SSSR count). The van der Waals surface area contributed by atoms with Gasteiger partial charge in [-0.3, -0.25) is 4.79 Å². The third-order valence-electron chi connectivity index (χ3n) is 5.00. The van der Waals surface area contributed by atoms with Crippen molar-refractivity contribution in [2.75, 3.05) is 0 Å². The Balaban J connectivity index is 1.85. The predicted molar refractivity (Wildman–Crippen MR) is 114 cm³/mol. The second-order valence-electron chi connectivity index (χ2n) is 6.88. The van der Waals surface area contributed by atoms with Crippen molar-refractivity contribution >= 4 is 44.6 Å². The second kappa shape index (κ2) is 7.95. The van der Waals surface area contributed by atoms with Crippen molar-refractivity contribution in [3.8, 4) is 0 Å². The Morgan fingerprint density at radius 3 is 2.59 bits per heavy atom. The van der Waals surface area contributed by atoms with Crippen molar-refractivity contribution in [2.45, 2.75) is 38.0 Å². The van der Waals surface area contributed by atoms with Crippen LogP contribution in [0.5, 0.6) is 0 Å². The maximum Gasteiger partial charge on any atom is 0.282 e. The smallest absolute Gasteiger partial charge is 0.267 e. The van der Waals surface area contributed by atoms with Gasteiger partial charge in [-0.2, -0.15) is 9.78 Å². The van der Waals surface area contributed by atoms with Crippen LogP contribution < -0.4 is 5.56 Å². The molecule has 1 heterocycles. The summed E-state index contributed by atoms with van der Waals surface area (Å²) in [4.78, 5) is 18.0. The third kappa shape index (κ3) is 3.99. The van der Waals surface area contributed by atoms with E-state index in [2.05, 4.69) is 21.0 Å². The topological polar surface area (TPSA) is 47.2 Å². The number of hydrogen-bond donors (Lipinski definition) is 0. The van der Waals surface area contributed by atoms with Crippen molar-refractivity contribution in [3.63, 3.8) is 0 Å². The molecular weight excluding hydrogens is 426 g/mol. The standard InChI is InChI=1S/C21H19BrClN3O/c22-16-8-11-19-18(12-16)21(27)26(20(25-19)15-4-2-1-3-5-15)24-13-14-6-9-17(23)10-7-14/h6-13,15H,1-5H2. The number of fused-ring (bicyclic) bond motifs is 1. The molecule has 0 unspecified atom stereocenters. The van der Waals surface area contributed by atoms with Crippen LogP contribution in [0.4, 0.5) is 0 Å². The first kappa shape index (κ1) is 18.4. The van der Waals surface area contributed by atoms with Crippen LogP contribution in [0.25, 0.3) is 10.9 Å². The van der Waals surface area contributed by atoms with E-state index in [1.165, 1.54) is 23.9 Å². The molecule has 0 amide bonds. The van der Waals surface area contributed by atoms with E-state index in [9.17, 15) is 4.79 Å². The summed E-state index contributed by atoms with van der Waals surface area (Å²) in [6.45, 7) is 0. The zero-order valence-electron chi connectivity index (χ0n) is 14.7. The van der Waals surface area contributed by atoms with E-state index in [0.717, 1.165) is 34.2 Å². The minimum absolute atomic E-state index is 0.132. The molecule has 1 aromatic heterocycles. The van der Waals surface area contributed by atoms with Crippen molar-refractivity contribution < 1.29 is 0 Å². The SMILES string of the molecule is O=c1c2cc(Br)ccc2nc(C2CCCCC2)n1N=Cc1ccc(Cl)cc1. The highest BCUT2D eigenvalue weighted by molar-refractivity contribution is 9.10. The molecule has 0 atom stereocenters. The van der Waals surface area contributed by atoms with E-state index < -0.39 is 0 Å². The molecule has 1 saturated carbocycles. The molecule has 0 aliphatic heterocycles. The molecule has 0 bridgehead atoms. The van der Waals surface area contributed by atoms with Gasteiger partial charge < -0.3 is 0 Å². The summed E-state index contributed by atoms with van der Waals surface area (Å²) in [5.74, 6) is 1.03. The Hall–Kier alpha value is -1.98. The lowest BCUT2D eigenvalue weighted by molar-refractivity contribution is 0.416. The molecule has 138 valence electrons. The van der Waals surface area contributed by atoms with Crippen molar-refractivity contribution in [1.82, 2.24) is 9.66 Å². The second-order valence-corrected chi connectivity index (χ2v) is 8.23. The fraction of sp³-hybridized carbons (Fsp3) is 0.286. The summed E-state index contributed by atoms with van der Waals surface area (Å²) < 4.78 is 2.34. The number of nitrogens with zero attached hydrogens (tertiary/aromatic N) is 3. The highest BCUT2D eigenvalue weighted by atomic mass is 79.9. The van der Waals surface area contributed by atoms with Crippen molar-refractivity contribution in [3.05, 3.63) is 73.7 Å². The van der Waals surface area contributed by atoms with Gasteiger partial charge in [0.15, 0.2) is 0 Å². The summed E-state index contributed by atoms with van der Waals surface area (Å²) in [6, 6.07) is 13.0. The van der Waals surface area contributed by atoms with Gasteiger partial charge in [0, 0.05) is 15.4 Å². The predicted octanol–water partition coefficient (Wildman–Crippen LogP) is 5.74. The number of benzene rings is 2. The number of hydrogen-bond acceptors (Lipinski definition) is 3. The Labute approximate surface area is 171 Å². The van der Waals surface area contributed by atoms with E-state index >= 15 is 0 Å². The van der Waals surface area contributed by atoms with Gasteiger partial charge in [-0.05, 0) is 48.7 Å². The molecule has 0 spiro atoms. The Bertz CT molecular complexity index is 1050. The molecule has 4 nitrogen and oxygen atoms in total. The summed E-state index contributed by atoms with van der Waals surface area (Å²) in [5.41, 5.74) is 1.48. The molecule has 27 heavy (non-hydrogen) atoms. The largest absolute Gasteiger partial charge is 0.282 e. The van der Waals surface area contributed by atoms with Crippen LogP contribution in [0.15, 0.2) is 56.8 Å². The average Bonchev–Trinajstić information content (AvgIpc) is 2.69. The monoisotopic (exact) mass is 443 g/mol.